The lowest BCUT2D eigenvalue weighted by Crippen LogP contribution is -2.47. The smallest absolute Gasteiger partial charge is 0.191 e. The Kier molecular flexibility index (Phi) is 9.17. The summed E-state index contributed by atoms with van der Waals surface area (Å²) < 4.78 is 11.6. The van der Waals surface area contributed by atoms with Crippen molar-refractivity contribution in [2.75, 3.05) is 46.0 Å². The van der Waals surface area contributed by atoms with Gasteiger partial charge in [0.25, 0.3) is 0 Å². The van der Waals surface area contributed by atoms with Crippen LogP contribution in [0, 0.1) is 11.3 Å². The van der Waals surface area contributed by atoms with E-state index >= 15 is 0 Å². The van der Waals surface area contributed by atoms with Crippen molar-refractivity contribution in [3.8, 4) is 0 Å². The highest BCUT2D eigenvalue weighted by Gasteiger charge is 2.35. The van der Waals surface area contributed by atoms with E-state index in [9.17, 15) is 0 Å². The zero-order chi connectivity index (χ0) is 22.1. The van der Waals surface area contributed by atoms with Crippen LogP contribution in [0.25, 0.3) is 0 Å². The van der Waals surface area contributed by atoms with Gasteiger partial charge in [0.2, 0.25) is 0 Å². The molecule has 2 aliphatic rings. The third-order valence-electron chi connectivity index (χ3n) is 6.13. The standard InChI is InChI=1S/C25H42N4O2/c1-5-26-24(28-18-22-7-6-14-31-23(22)25(2,3)4)27-17-20-8-10-21(11-9-20)19-29-12-15-30-16-13-29/h8-11,22-23H,5-7,12-19H2,1-4H3,(H2,26,27,28). The predicted octanol–water partition coefficient (Wildman–Crippen LogP) is 3.42. The third-order valence-corrected chi connectivity index (χ3v) is 6.13. The molecule has 2 saturated heterocycles. The first-order chi connectivity index (χ1) is 15.0. The monoisotopic (exact) mass is 430 g/mol. The molecule has 2 atom stereocenters. The number of rotatable bonds is 7. The molecule has 2 aliphatic heterocycles. The van der Waals surface area contributed by atoms with Crippen molar-refractivity contribution in [3.63, 3.8) is 0 Å². The first kappa shape index (κ1) is 24.0. The fourth-order valence-corrected chi connectivity index (χ4v) is 4.52. The maximum Gasteiger partial charge on any atom is 0.191 e. The number of benzene rings is 1. The van der Waals surface area contributed by atoms with Crippen molar-refractivity contribution in [1.29, 1.82) is 0 Å². The van der Waals surface area contributed by atoms with E-state index in [0.29, 0.717) is 12.5 Å². The van der Waals surface area contributed by atoms with Gasteiger partial charge in [0.15, 0.2) is 5.96 Å². The fraction of sp³-hybridized carbons (Fsp3) is 0.720. The number of nitrogens with one attached hydrogen (secondary N) is 2. The summed E-state index contributed by atoms with van der Waals surface area (Å²) in [5.41, 5.74) is 2.74. The molecule has 0 bridgehead atoms. The Bertz CT molecular complexity index is 678. The summed E-state index contributed by atoms with van der Waals surface area (Å²) in [6.45, 7) is 17.0. The molecule has 2 unspecified atom stereocenters. The molecular formula is C25H42N4O2. The predicted molar refractivity (Wildman–Crippen MR) is 127 cm³/mol. The average molecular weight is 431 g/mol. The lowest BCUT2D eigenvalue weighted by molar-refractivity contribution is -0.0835. The number of aliphatic imine (C=N–C) groups is 1. The highest BCUT2D eigenvalue weighted by molar-refractivity contribution is 5.79. The van der Waals surface area contributed by atoms with Crippen molar-refractivity contribution in [2.45, 2.75) is 59.7 Å². The van der Waals surface area contributed by atoms with Gasteiger partial charge in [-0.15, -0.1) is 0 Å². The molecular weight excluding hydrogens is 388 g/mol. The molecule has 31 heavy (non-hydrogen) atoms. The Balaban J connectivity index is 1.52. The molecule has 2 heterocycles. The zero-order valence-corrected chi connectivity index (χ0v) is 20.0. The Hall–Kier alpha value is -1.63. The lowest BCUT2D eigenvalue weighted by Gasteiger charge is -2.40. The van der Waals surface area contributed by atoms with Crippen LogP contribution in [-0.4, -0.2) is 63.0 Å². The van der Waals surface area contributed by atoms with E-state index in [1.807, 2.05) is 0 Å². The van der Waals surface area contributed by atoms with Crippen LogP contribution >= 0.6 is 0 Å². The summed E-state index contributed by atoms with van der Waals surface area (Å²) in [6.07, 6.45) is 2.64. The molecule has 0 saturated carbocycles. The molecule has 0 aliphatic carbocycles. The molecule has 0 amide bonds. The zero-order valence-electron chi connectivity index (χ0n) is 20.0. The van der Waals surface area contributed by atoms with Gasteiger partial charge >= 0.3 is 0 Å². The Labute approximate surface area is 188 Å². The van der Waals surface area contributed by atoms with Gasteiger partial charge < -0.3 is 20.1 Å². The first-order valence-electron chi connectivity index (χ1n) is 12.0. The molecule has 6 nitrogen and oxygen atoms in total. The molecule has 0 spiro atoms. The second-order valence-corrected chi connectivity index (χ2v) is 9.84. The van der Waals surface area contributed by atoms with E-state index in [1.54, 1.807) is 0 Å². The average Bonchev–Trinajstić information content (AvgIpc) is 2.77. The number of ether oxygens (including phenoxy) is 2. The van der Waals surface area contributed by atoms with E-state index in [0.717, 1.165) is 64.9 Å². The minimum absolute atomic E-state index is 0.158. The van der Waals surface area contributed by atoms with E-state index in [-0.39, 0.29) is 11.5 Å². The molecule has 2 fully saturated rings. The Morgan fingerprint density at radius 1 is 1.06 bits per heavy atom. The van der Waals surface area contributed by atoms with Crippen LogP contribution < -0.4 is 10.6 Å². The van der Waals surface area contributed by atoms with Crippen molar-refractivity contribution in [1.82, 2.24) is 15.5 Å². The van der Waals surface area contributed by atoms with E-state index < -0.39 is 0 Å². The Morgan fingerprint density at radius 2 is 1.77 bits per heavy atom. The normalized spacial score (nSPS) is 23.5. The van der Waals surface area contributed by atoms with Crippen LogP contribution in [0.15, 0.2) is 29.3 Å². The van der Waals surface area contributed by atoms with E-state index in [4.69, 9.17) is 14.5 Å². The van der Waals surface area contributed by atoms with Crippen LogP contribution in [0.1, 0.15) is 51.7 Å². The maximum absolute atomic E-state index is 6.13. The SMILES string of the molecule is CCNC(=NCc1ccc(CN2CCOCC2)cc1)NCC1CCCOC1C(C)(C)C. The Morgan fingerprint density at radius 3 is 2.45 bits per heavy atom. The van der Waals surface area contributed by atoms with E-state index in [2.05, 4.69) is 67.5 Å². The summed E-state index contributed by atoms with van der Waals surface area (Å²) in [7, 11) is 0. The third kappa shape index (κ3) is 7.78. The second-order valence-electron chi connectivity index (χ2n) is 9.84. The van der Waals surface area contributed by atoms with E-state index in [1.165, 1.54) is 17.5 Å². The molecule has 1 aromatic carbocycles. The largest absolute Gasteiger partial charge is 0.379 e. The number of nitrogens with zero attached hydrogens (tertiary/aromatic N) is 2. The second kappa shape index (κ2) is 11.8. The minimum atomic E-state index is 0.158. The maximum atomic E-state index is 6.13. The van der Waals surface area contributed by atoms with Gasteiger partial charge in [0.1, 0.15) is 0 Å². The number of hydrogen-bond donors (Lipinski definition) is 2. The summed E-state index contributed by atoms with van der Waals surface area (Å²) in [4.78, 5) is 7.28. The van der Waals surface area contributed by atoms with Crippen LogP contribution in [0.3, 0.4) is 0 Å². The highest BCUT2D eigenvalue weighted by Crippen LogP contribution is 2.33. The minimum Gasteiger partial charge on any atom is -0.379 e. The summed E-state index contributed by atoms with van der Waals surface area (Å²) in [5, 5.41) is 6.96. The number of guanidine groups is 1. The first-order valence-corrected chi connectivity index (χ1v) is 12.0. The molecule has 2 N–H and O–H groups in total. The summed E-state index contributed by atoms with van der Waals surface area (Å²) in [6, 6.07) is 8.86. The van der Waals surface area contributed by atoms with Gasteiger partial charge in [-0.2, -0.15) is 0 Å². The fourth-order valence-electron chi connectivity index (χ4n) is 4.52. The van der Waals surface area contributed by atoms with Gasteiger partial charge in [0, 0.05) is 45.2 Å². The van der Waals surface area contributed by atoms with Crippen molar-refractivity contribution < 1.29 is 9.47 Å². The van der Waals surface area contributed by atoms with Gasteiger partial charge in [-0.1, -0.05) is 45.0 Å². The van der Waals surface area contributed by atoms with Gasteiger partial charge in [-0.25, -0.2) is 4.99 Å². The van der Waals surface area contributed by atoms with Gasteiger partial charge in [-0.05, 0) is 36.3 Å². The van der Waals surface area contributed by atoms with Crippen molar-refractivity contribution in [3.05, 3.63) is 35.4 Å². The van der Waals surface area contributed by atoms with Gasteiger partial charge in [-0.3, -0.25) is 4.90 Å². The molecule has 0 radical (unpaired) electrons. The lowest BCUT2D eigenvalue weighted by atomic mass is 9.78. The van der Waals surface area contributed by atoms with Crippen LogP contribution in [-0.2, 0) is 22.6 Å². The van der Waals surface area contributed by atoms with Crippen molar-refractivity contribution in [2.24, 2.45) is 16.3 Å². The van der Waals surface area contributed by atoms with Crippen LogP contribution in [0.2, 0.25) is 0 Å². The topological polar surface area (TPSA) is 58.1 Å². The highest BCUT2D eigenvalue weighted by atomic mass is 16.5. The summed E-state index contributed by atoms with van der Waals surface area (Å²) in [5.74, 6) is 1.40. The van der Waals surface area contributed by atoms with Gasteiger partial charge in [0.05, 0.1) is 25.9 Å². The number of hydrogen-bond acceptors (Lipinski definition) is 4. The molecule has 6 heteroatoms. The molecule has 1 aromatic rings. The summed E-state index contributed by atoms with van der Waals surface area (Å²) >= 11 is 0. The molecule has 0 aromatic heterocycles. The van der Waals surface area contributed by atoms with Crippen LogP contribution in [0.5, 0.6) is 0 Å². The molecule has 3 rings (SSSR count). The quantitative estimate of drug-likeness (QED) is 0.513. The van der Waals surface area contributed by atoms with Crippen molar-refractivity contribution >= 4 is 5.96 Å². The molecule has 174 valence electrons. The number of morpholine rings is 1. The van der Waals surface area contributed by atoms with Crippen LogP contribution in [0.4, 0.5) is 0 Å².